The number of aromatic amines is 1. The maximum absolute atomic E-state index is 12.5. The van der Waals surface area contributed by atoms with E-state index < -0.39 is 0 Å². The molecule has 0 saturated carbocycles. The lowest BCUT2D eigenvalue weighted by Crippen LogP contribution is -2.18. The van der Waals surface area contributed by atoms with Crippen LogP contribution in [0, 0.1) is 0 Å². The fourth-order valence-corrected chi connectivity index (χ4v) is 3.10. The summed E-state index contributed by atoms with van der Waals surface area (Å²) in [6.45, 7) is 3.93. The molecule has 0 saturated heterocycles. The molecule has 32 heavy (non-hydrogen) atoms. The zero-order valence-corrected chi connectivity index (χ0v) is 17.8. The number of anilines is 1. The average Bonchev–Trinajstić information content (AvgIpc) is 2.78. The Morgan fingerprint density at radius 1 is 1.06 bits per heavy atom. The second kappa shape index (κ2) is 8.84. The average molecular weight is 430 g/mol. The highest BCUT2D eigenvalue weighted by atomic mass is 16.5. The van der Waals surface area contributed by atoms with Gasteiger partial charge in [0.1, 0.15) is 17.2 Å². The first-order valence-corrected chi connectivity index (χ1v) is 10.1. The second-order valence-electron chi connectivity index (χ2n) is 7.38. The Labute approximate surface area is 183 Å². The van der Waals surface area contributed by atoms with E-state index >= 15 is 0 Å². The number of hydrogen-bond donors (Lipinski definition) is 3. The first-order chi connectivity index (χ1) is 15.4. The summed E-state index contributed by atoms with van der Waals surface area (Å²) in [6.07, 6.45) is 3.03. The highest BCUT2D eigenvalue weighted by molar-refractivity contribution is 5.92. The van der Waals surface area contributed by atoms with Crippen LogP contribution in [0.5, 0.6) is 11.5 Å². The predicted molar refractivity (Wildman–Crippen MR) is 122 cm³/mol. The molecule has 0 atom stereocenters. The van der Waals surface area contributed by atoms with Crippen LogP contribution >= 0.6 is 0 Å². The lowest BCUT2D eigenvalue weighted by molar-refractivity contribution is 0.0958. The van der Waals surface area contributed by atoms with E-state index in [-0.39, 0.29) is 23.2 Å². The molecule has 4 aromatic rings. The van der Waals surface area contributed by atoms with Crippen molar-refractivity contribution in [2.75, 3.05) is 12.4 Å². The number of pyridine rings is 2. The van der Waals surface area contributed by atoms with Crippen molar-refractivity contribution in [3.8, 4) is 22.8 Å². The fourth-order valence-electron chi connectivity index (χ4n) is 3.10. The molecule has 1 aromatic carbocycles. The van der Waals surface area contributed by atoms with Gasteiger partial charge in [-0.3, -0.25) is 19.6 Å². The maximum atomic E-state index is 12.5. The molecule has 0 bridgehead atoms. The van der Waals surface area contributed by atoms with Crippen LogP contribution < -0.4 is 20.9 Å². The van der Waals surface area contributed by atoms with Crippen molar-refractivity contribution in [3.63, 3.8) is 0 Å². The molecule has 9 heteroatoms. The third kappa shape index (κ3) is 4.56. The van der Waals surface area contributed by atoms with Gasteiger partial charge >= 0.3 is 0 Å². The standard InChI is InChI=1S/C23H22N6O3/c1-13(2)27-23-26-12-17(21(30)29-23)19-6-4-14-10-15(5-7-18(14)28-19)32-16-8-9-25-20(11-16)22(31)24-3/h4-13H,1-3H3,(H,24,31)(H2,26,27,29,30). The van der Waals surface area contributed by atoms with Gasteiger partial charge in [-0.1, -0.05) is 6.07 Å². The smallest absolute Gasteiger partial charge is 0.269 e. The summed E-state index contributed by atoms with van der Waals surface area (Å²) >= 11 is 0. The van der Waals surface area contributed by atoms with E-state index in [1.54, 1.807) is 31.3 Å². The Bertz CT molecular complexity index is 1350. The molecular formula is C23H22N6O3. The number of nitrogens with one attached hydrogen (secondary N) is 3. The van der Waals surface area contributed by atoms with Crippen LogP contribution in [0.3, 0.4) is 0 Å². The van der Waals surface area contributed by atoms with Crippen LogP contribution in [0.15, 0.2) is 59.7 Å². The second-order valence-corrected chi connectivity index (χ2v) is 7.38. The number of aromatic nitrogens is 4. The molecule has 0 spiro atoms. The van der Waals surface area contributed by atoms with Gasteiger partial charge in [-0.2, -0.15) is 0 Å². The van der Waals surface area contributed by atoms with Gasteiger partial charge in [-0.05, 0) is 44.2 Å². The first-order valence-electron chi connectivity index (χ1n) is 10.1. The minimum absolute atomic E-state index is 0.154. The SMILES string of the molecule is CNC(=O)c1cc(Oc2ccc3nc(-c4cnc(NC(C)C)[nH]c4=O)ccc3c2)ccn1. The predicted octanol–water partition coefficient (Wildman–Crippen LogP) is 3.35. The molecule has 162 valence electrons. The Morgan fingerprint density at radius 3 is 2.62 bits per heavy atom. The lowest BCUT2D eigenvalue weighted by atomic mass is 10.1. The van der Waals surface area contributed by atoms with Crippen LogP contribution in [-0.2, 0) is 0 Å². The zero-order chi connectivity index (χ0) is 22.7. The van der Waals surface area contributed by atoms with Crippen molar-refractivity contribution >= 4 is 22.8 Å². The summed E-state index contributed by atoms with van der Waals surface area (Å²) in [5.41, 5.74) is 1.63. The number of carbonyl (C=O) groups is 1. The van der Waals surface area contributed by atoms with Crippen LogP contribution in [0.4, 0.5) is 5.95 Å². The number of hydrogen-bond acceptors (Lipinski definition) is 7. The summed E-state index contributed by atoms with van der Waals surface area (Å²) < 4.78 is 5.88. The molecular weight excluding hydrogens is 408 g/mol. The number of H-pyrrole nitrogens is 1. The fraction of sp³-hybridized carbons (Fsp3) is 0.174. The number of nitrogens with zero attached hydrogens (tertiary/aromatic N) is 3. The number of ether oxygens (including phenoxy) is 1. The monoisotopic (exact) mass is 430 g/mol. The molecule has 4 rings (SSSR count). The minimum atomic E-state index is -0.289. The van der Waals surface area contributed by atoms with Gasteiger partial charge in [-0.15, -0.1) is 0 Å². The van der Waals surface area contributed by atoms with Crippen molar-refractivity contribution in [2.24, 2.45) is 0 Å². The molecule has 0 radical (unpaired) electrons. The molecule has 0 fully saturated rings. The van der Waals surface area contributed by atoms with Gasteiger partial charge in [-0.25, -0.2) is 9.97 Å². The highest BCUT2D eigenvalue weighted by Gasteiger charge is 2.10. The Hall–Kier alpha value is -4.27. The van der Waals surface area contributed by atoms with Gasteiger partial charge in [0, 0.05) is 36.9 Å². The molecule has 1 amide bonds. The van der Waals surface area contributed by atoms with Gasteiger partial charge in [0.2, 0.25) is 5.95 Å². The van der Waals surface area contributed by atoms with Gasteiger partial charge in [0.05, 0.1) is 16.8 Å². The van der Waals surface area contributed by atoms with E-state index in [9.17, 15) is 9.59 Å². The number of rotatable bonds is 6. The zero-order valence-electron chi connectivity index (χ0n) is 17.8. The Kier molecular flexibility index (Phi) is 5.80. The van der Waals surface area contributed by atoms with Crippen LogP contribution in [0.25, 0.3) is 22.2 Å². The van der Waals surface area contributed by atoms with E-state index in [1.165, 1.54) is 12.4 Å². The van der Waals surface area contributed by atoms with Crippen molar-refractivity contribution in [2.45, 2.75) is 19.9 Å². The van der Waals surface area contributed by atoms with E-state index in [0.29, 0.717) is 34.2 Å². The van der Waals surface area contributed by atoms with Gasteiger partial charge in [0.15, 0.2) is 0 Å². The molecule has 0 aliphatic heterocycles. The number of carbonyl (C=O) groups excluding carboxylic acids is 1. The normalized spacial score (nSPS) is 10.9. The highest BCUT2D eigenvalue weighted by Crippen LogP contribution is 2.26. The Balaban J connectivity index is 1.59. The summed E-state index contributed by atoms with van der Waals surface area (Å²) in [7, 11) is 1.54. The largest absolute Gasteiger partial charge is 0.457 e. The summed E-state index contributed by atoms with van der Waals surface area (Å²) in [6, 6.07) is 12.5. The first kappa shape index (κ1) is 21.0. The van der Waals surface area contributed by atoms with Crippen LogP contribution in [0.2, 0.25) is 0 Å². The van der Waals surface area contributed by atoms with Crippen molar-refractivity contribution in [1.29, 1.82) is 0 Å². The molecule has 3 N–H and O–H groups in total. The van der Waals surface area contributed by atoms with Crippen molar-refractivity contribution in [3.05, 3.63) is 70.9 Å². The van der Waals surface area contributed by atoms with E-state index in [2.05, 4.69) is 30.6 Å². The van der Waals surface area contributed by atoms with Gasteiger partial charge in [0.25, 0.3) is 11.5 Å². The van der Waals surface area contributed by atoms with Crippen molar-refractivity contribution < 1.29 is 9.53 Å². The molecule has 3 aromatic heterocycles. The molecule has 0 unspecified atom stereocenters. The van der Waals surface area contributed by atoms with Gasteiger partial charge < -0.3 is 15.4 Å². The van der Waals surface area contributed by atoms with Crippen molar-refractivity contribution in [1.82, 2.24) is 25.3 Å². The molecule has 9 nitrogen and oxygen atoms in total. The quantitative estimate of drug-likeness (QED) is 0.429. The third-order valence-electron chi connectivity index (χ3n) is 4.59. The summed E-state index contributed by atoms with van der Waals surface area (Å²) in [5.74, 6) is 1.22. The number of fused-ring (bicyclic) bond motifs is 1. The maximum Gasteiger partial charge on any atom is 0.269 e. The summed E-state index contributed by atoms with van der Waals surface area (Å²) in [4.78, 5) is 39.9. The lowest BCUT2D eigenvalue weighted by Gasteiger charge is -2.10. The van der Waals surface area contributed by atoms with E-state index in [4.69, 9.17) is 4.74 Å². The molecule has 0 aliphatic rings. The molecule has 0 aliphatic carbocycles. The van der Waals surface area contributed by atoms with Crippen LogP contribution in [0.1, 0.15) is 24.3 Å². The third-order valence-corrected chi connectivity index (χ3v) is 4.59. The number of amides is 1. The number of benzene rings is 1. The molecule has 3 heterocycles. The van der Waals surface area contributed by atoms with E-state index in [1.807, 2.05) is 32.0 Å². The summed E-state index contributed by atoms with van der Waals surface area (Å²) in [5, 5.41) is 6.44. The van der Waals surface area contributed by atoms with Crippen LogP contribution in [-0.4, -0.2) is 38.9 Å². The topological polar surface area (TPSA) is 122 Å². The van der Waals surface area contributed by atoms with E-state index in [0.717, 1.165) is 5.39 Å². The minimum Gasteiger partial charge on any atom is -0.457 e. The Morgan fingerprint density at radius 2 is 1.88 bits per heavy atom.